The highest BCUT2D eigenvalue weighted by atomic mass is 19.1. The van der Waals surface area contributed by atoms with Crippen LogP contribution in [0.1, 0.15) is 24.2 Å². The molecule has 0 atom stereocenters. The van der Waals surface area contributed by atoms with Crippen molar-refractivity contribution in [2.45, 2.75) is 13.8 Å². The lowest BCUT2D eigenvalue weighted by atomic mass is 10.2. The first-order valence-corrected chi connectivity index (χ1v) is 8.20. The molecule has 0 spiro atoms. The highest BCUT2D eigenvalue weighted by Crippen LogP contribution is 2.22. The lowest BCUT2D eigenvalue weighted by Crippen LogP contribution is -2.30. The van der Waals surface area contributed by atoms with E-state index in [2.05, 4.69) is 18.9 Å². The third-order valence-corrected chi connectivity index (χ3v) is 3.89. The summed E-state index contributed by atoms with van der Waals surface area (Å²) in [7, 11) is 1.77. The fourth-order valence-electron chi connectivity index (χ4n) is 2.85. The van der Waals surface area contributed by atoms with Gasteiger partial charge in [-0.2, -0.15) is 5.10 Å². The summed E-state index contributed by atoms with van der Waals surface area (Å²) >= 11 is 0. The van der Waals surface area contributed by atoms with Crippen molar-refractivity contribution in [3.63, 3.8) is 0 Å². The summed E-state index contributed by atoms with van der Waals surface area (Å²) in [5.41, 5.74) is 0.736. The summed E-state index contributed by atoms with van der Waals surface area (Å²) < 4.78 is 17.5. The Labute approximate surface area is 146 Å². The Morgan fingerprint density at radius 1 is 1.20 bits per heavy atom. The molecule has 0 unspecified atom stereocenters. The Kier molecular flexibility index (Phi) is 4.70. The van der Waals surface area contributed by atoms with Crippen LogP contribution in [0.3, 0.4) is 0 Å². The van der Waals surface area contributed by atoms with Crippen LogP contribution >= 0.6 is 0 Å². The normalized spacial score (nSPS) is 11.1. The number of rotatable bonds is 5. The smallest absolute Gasteiger partial charge is 0.259 e. The molecule has 2 heterocycles. The van der Waals surface area contributed by atoms with Gasteiger partial charge >= 0.3 is 0 Å². The standard InChI is InChI=1S/C19H21FN4O/c1-14(2)13-22(3)19(25)15-12-21-24(17-9-5-4-8-16(17)20)18(15)23-10-6-7-11-23/h4-12,14H,13H2,1-3H3. The van der Waals surface area contributed by atoms with Gasteiger partial charge in [-0.05, 0) is 30.2 Å². The predicted molar refractivity (Wildman–Crippen MR) is 94.6 cm³/mol. The van der Waals surface area contributed by atoms with Crippen LogP contribution in [-0.2, 0) is 0 Å². The zero-order valence-corrected chi connectivity index (χ0v) is 14.6. The van der Waals surface area contributed by atoms with Crippen molar-refractivity contribution in [3.05, 3.63) is 66.4 Å². The molecule has 6 heteroatoms. The molecule has 5 nitrogen and oxygen atoms in total. The zero-order valence-electron chi connectivity index (χ0n) is 14.6. The number of benzene rings is 1. The monoisotopic (exact) mass is 340 g/mol. The molecule has 0 radical (unpaired) electrons. The molecule has 3 rings (SSSR count). The van der Waals surface area contributed by atoms with E-state index in [-0.39, 0.29) is 5.91 Å². The molecule has 1 aromatic carbocycles. The zero-order chi connectivity index (χ0) is 18.0. The lowest BCUT2D eigenvalue weighted by Gasteiger charge is -2.20. The molecule has 130 valence electrons. The van der Waals surface area contributed by atoms with Gasteiger partial charge in [-0.15, -0.1) is 0 Å². The molecule has 0 bridgehead atoms. The first-order valence-electron chi connectivity index (χ1n) is 8.20. The number of carbonyl (C=O) groups is 1. The van der Waals surface area contributed by atoms with Gasteiger partial charge in [0.25, 0.3) is 5.91 Å². The number of carbonyl (C=O) groups excluding carboxylic acids is 1. The molecule has 0 aliphatic rings. The Morgan fingerprint density at radius 2 is 1.88 bits per heavy atom. The summed E-state index contributed by atoms with van der Waals surface area (Å²) in [4.78, 5) is 14.6. The van der Waals surface area contributed by atoms with E-state index in [0.29, 0.717) is 29.5 Å². The number of aromatic nitrogens is 3. The van der Waals surface area contributed by atoms with Gasteiger partial charge < -0.3 is 9.47 Å². The average molecular weight is 340 g/mol. The van der Waals surface area contributed by atoms with Crippen molar-refractivity contribution in [1.29, 1.82) is 0 Å². The minimum Gasteiger partial charge on any atom is -0.341 e. The Bertz CT molecular complexity index is 867. The molecular formula is C19H21FN4O. The molecule has 0 saturated heterocycles. The number of halogens is 1. The van der Waals surface area contributed by atoms with Crippen LogP contribution in [0.25, 0.3) is 11.5 Å². The number of hydrogen-bond acceptors (Lipinski definition) is 2. The third-order valence-electron chi connectivity index (χ3n) is 3.89. The Morgan fingerprint density at radius 3 is 2.52 bits per heavy atom. The van der Waals surface area contributed by atoms with E-state index in [4.69, 9.17) is 0 Å². The summed E-state index contributed by atoms with van der Waals surface area (Å²) in [6.45, 7) is 4.74. The molecule has 0 fully saturated rings. The average Bonchev–Trinajstić information content (AvgIpc) is 3.23. The van der Waals surface area contributed by atoms with Crippen LogP contribution in [0.2, 0.25) is 0 Å². The predicted octanol–water partition coefficient (Wildman–Crippen LogP) is 3.53. The van der Waals surface area contributed by atoms with Crippen LogP contribution in [0.4, 0.5) is 4.39 Å². The molecule has 0 aliphatic heterocycles. The minimum atomic E-state index is -0.395. The summed E-state index contributed by atoms with van der Waals surface area (Å²) in [5, 5.41) is 4.29. The maximum Gasteiger partial charge on any atom is 0.259 e. The van der Waals surface area contributed by atoms with Crippen molar-refractivity contribution < 1.29 is 9.18 Å². The number of amides is 1. The number of nitrogens with zero attached hydrogens (tertiary/aromatic N) is 4. The van der Waals surface area contributed by atoms with Gasteiger partial charge in [0.15, 0.2) is 5.82 Å². The molecule has 0 N–H and O–H groups in total. The number of para-hydroxylation sites is 1. The fraction of sp³-hybridized carbons (Fsp3) is 0.263. The van der Waals surface area contributed by atoms with Crippen LogP contribution in [0, 0.1) is 11.7 Å². The summed E-state index contributed by atoms with van der Waals surface area (Å²) in [5.74, 6) is 0.342. The molecule has 25 heavy (non-hydrogen) atoms. The summed E-state index contributed by atoms with van der Waals surface area (Å²) in [6, 6.07) is 10.1. The third kappa shape index (κ3) is 3.33. The minimum absolute atomic E-state index is 0.139. The van der Waals surface area contributed by atoms with E-state index in [0.717, 1.165) is 0 Å². The first kappa shape index (κ1) is 17.0. The second-order valence-electron chi connectivity index (χ2n) is 6.41. The Hall–Kier alpha value is -2.89. The van der Waals surface area contributed by atoms with Crippen LogP contribution in [-0.4, -0.2) is 38.7 Å². The van der Waals surface area contributed by atoms with Crippen molar-refractivity contribution in [1.82, 2.24) is 19.2 Å². The Balaban J connectivity index is 2.12. The van der Waals surface area contributed by atoms with Crippen molar-refractivity contribution in [2.24, 2.45) is 5.92 Å². The van der Waals surface area contributed by atoms with Gasteiger partial charge in [-0.1, -0.05) is 26.0 Å². The van der Waals surface area contributed by atoms with E-state index < -0.39 is 5.82 Å². The summed E-state index contributed by atoms with van der Waals surface area (Å²) in [6.07, 6.45) is 5.13. The van der Waals surface area contributed by atoms with E-state index >= 15 is 0 Å². The lowest BCUT2D eigenvalue weighted by molar-refractivity contribution is 0.0779. The fourth-order valence-corrected chi connectivity index (χ4v) is 2.85. The highest BCUT2D eigenvalue weighted by molar-refractivity contribution is 5.97. The van der Waals surface area contributed by atoms with E-state index in [1.165, 1.54) is 16.9 Å². The molecule has 0 saturated carbocycles. The second kappa shape index (κ2) is 6.93. The van der Waals surface area contributed by atoms with E-state index in [9.17, 15) is 9.18 Å². The molecule has 0 aliphatic carbocycles. The SMILES string of the molecule is CC(C)CN(C)C(=O)c1cnn(-c2ccccc2F)c1-n1cccc1. The topological polar surface area (TPSA) is 43.1 Å². The first-order chi connectivity index (χ1) is 12.0. The van der Waals surface area contributed by atoms with Crippen LogP contribution in [0.15, 0.2) is 55.0 Å². The largest absolute Gasteiger partial charge is 0.341 e. The second-order valence-corrected chi connectivity index (χ2v) is 6.41. The van der Waals surface area contributed by atoms with Crippen molar-refractivity contribution in [3.8, 4) is 11.5 Å². The molecule has 3 aromatic rings. The van der Waals surface area contributed by atoms with Crippen molar-refractivity contribution in [2.75, 3.05) is 13.6 Å². The van der Waals surface area contributed by atoms with Gasteiger partial charge in [0.05, 0.1) is 6.20 Å². The van der Waals surface area contributed by atoms with Gasteiger partial charge in [-0.3, -0.25) is 4.79 Å². The van der Waals surface area contributed by atoms with E-state index in [1.54, 1.807) is 34.7 Å². The van der Waals surface area contributed by atoms with Gasteiger partial charge in [0.1, 0.15) is 17.1 Å². The molecule has 1 amide bonds. The van der Waals surface area contributed by atoms with E-state index in [1.807, 2.05) is 24.5 Å². The quantitative estimate of drug-likeness (QED) is 0.713. The number of hydrogen-bond donors (Lipinski definition) is 0. The van der Waals surface area contributed by atoms with Gasteiger partial charge in [0, 0.05) is 26.0 Å². The van der Waals surface area contributed by atoms with Crippen LogP contribution in [0.5, 0.6) is 0 Å². The van der Waals surface area contributed by atoms with Crippen LogP contribution < -0.4 is 0 Å². The van der Waals surface area contributed by atoms with Gasteiger partial charge in [-0.25, -0.2) is 9.07 Å². The van der Waals surface area contributed by atoms with Gasteiger partial charge in [0.2, 0.25) is 0 Å². The molecular weight excluding hydrogens is 319 g/mol. The maximum atomic E-state index is 14.3. The highest BCUT2D eigenvalue weighted by Gasteiger charge is 2.23. The molecule has 2 aromatic heterocycles. The maximum absolute atomic E-state index is 14.3. The van der Waals surface area contributed by atoms with Crippen molar-refractivity contribution >= 4 is 5.91 Å².